The number of nitrogens with zero attached hydrogens (tertiary/aromatic N) is 3. The van der Waals surface area contributed by atoms with Crippen LogP contribution in [0.4, 0.5) is 0 Å². The first-order valence-electron chi connectivity index (χ1n) is 10.5. The van der Waals surface area contributed by atoms with Crippen molar-refractivity contribution in [2.45, 2.75) is 25.7 Å². The Morgan fingerprint density at radius 3 is 2.37 bits per heavy atom. The molecule has 7 nitrogen and oxygen atoms in total. The number of hydrogen-bond acceptors (Lipinski definition) is 6. The standard InChI is InChI=1S/C26H20ClN3O4S/c1-16-11-17(2)13-20(12-16)34-25-23(26(31)30-10-4-5-18(3)24(30)29-25)14-22(15-28)35(32,33)21-8-6-19(27)7-9-21/h4-14H,1-3H3/b22-14+. The van der Waals surface area contributed by atoms with Crippen LogP contribution in [0, 0.1) is 32.1 Å². The molecule has 35 heavy (non-hydrogen) atoms. The number of nitriles is 1. The molecule has 0 bridgehead atoms. The third-order valence-corrected chi connectivity index (χ3v) is 7.19. The Hall–Kier alpha value is -3.93. The summed E-state index contributed by atoms with van der Waals surface area (Å²) in [5.74, 6) is 0.328. The van der Waals surface area contributed by atoms with Crippen LogP contribution in [0.2, 0.25) is 5.02 Å². The van der Waals surface area contributed by atoms with Gasteiger partial charge in [0.05, 0.1) is 4.90 Å². The zero-order valence-corrected chi connectivity index (χ0v) is 20.7. The molecule has 2 heterocycles. The van der Waals surface area contributed by atoms with Gasteiger partial charge < -0.3 is 4.74 Å². The van der Waals surface area contributed by atoms with E-state index in [2.05, 4.69) is 4.98 Å². The topological polar surface area (TPSA) is 102 Å². The second-order valence-electron chi connectivity index (χ2n) is 8.02. The van der Waals surface area contributed by atoms with Gasteiger partial charge in [0.25, 0.3) is 5.56 Å². The van der Waals surface area contributed by atoms with Crippen molar-refractivity contribution in [2.24, 2.45) is 0 Å². The van der Waals surface area contributed by atoms with E-state index in [1.807, 2.05) is 19.9 Å². The first-order chi connectivity index (χ1) is 16.6. The quantitative estimate of drug-likeness (QED) is 0.336. The highest BCUT2D eigenvalue weighted by Gasteiger charge is 2.24. The number of halogens is 1. The zero-order valence-electron chi connectivity index (χ0n) is 19.1. The van der Waals surface area contributed by atoms with Crippen molar-refractivity contribution >= 4 is 33.2 Å². The van der Waals surface area contributed by atoms with Crippen LogP contribution in [0.1, 0.15) is 22.3 Å². The number of ether oxygens (including phenoxy) is 1. The Labute approximate surface area is 207 Å². The lowest BCUT2D eigenvalue weighted by Gasteiger charge is -2.12. The van der Waals surface area contributed by atoms with Crippen LogP contribution < -0.4 is 10.3 Å². The zero-order chi connectivity index (χ0) is 25.3. The van der Waals surface area contributed by atoms with E-state index < -0.39 is 20.3 Å². The normalized spacial score (nSPS) is 11.9. The molecule has 0 aliphatic heterocycles. The molecule has 0 amide bonds. The van der Waals surface area contributed by atoms with E-state index in [1.165, 1.54) is 34.9 Å². The monoisotopic (exact) mass is 505 g/mol. The van der Waals surface area contributed by atoms with Crippen molar-refractivity contribution in [1.82, 2.24) is 9.38 Å². The third kappa shape index (κ3) is 4.83. The van der Waals surface area contributed by atoms with Crippen molar-refractivity contribution in [1.29, 1.82) is 5.26 Å². The smallest absolute Gasteiger partial charge is 0.269 e. The molecule has 0 fully saturated rings. The van der Waals surface area contributed by atoms with E-state index in [9.17, 15) is 18.5 Å². The molecule has 4 rings (SSSR count). The Kier molecular flexibility index (Phi) is 6.48. The predicted molar refractivity (Wildman–Crippen MR) is 134 cm³/mol. The van der Waals surface area contributed by atoms with Crippen LogP contribution in [0.5, 0.6) is 11.6 Å². The number of hydrogen-bond donors (Lipinski definition) is 0. The number of benzene rings is 2. The average molecular weight is 506 g/mol. The molecule has 0 unspecified atom stereocenters. The Bertz CT molecular complexity index is 1680. The van der Waals surface area contributed by atoms with Crippen molar-refractivity contribution in [3.8, 4) is 17.7 Å². The van der Waals surface area contributed by atoms with Crippen LogP contribution in [-0.2, 0) is 9.84 Å². The van der Waals surface area contributed by atoms with Gasteiger partial charge in [-0.3, -0.25) is 9.20 Å². The van der Waals surface area contributed by atoms with Gasteiger partial charge in [-0.15, -0.1) is 0 Å². The molecular weight excluding hydrogens is 486 g/mol. The highest BCUT2D eigenvalue weighted by atomic mass is 35.5. The molecule has 2 aromatic carbocycles. The molecule has 0 atom stereocenters. The largest absolute Gasteiger partial charge is 0.438 e. The molecule has 0 radical (unpaired) electrons. The van der Waals surface area contributed by atoms with E-state index in [1.54, 1.807) is 37.3 Å². The second kappa shape index (κ2) is 9.37. The molecule has 9 heteroatoms. The van der Waals surface area contributed by atoms with Gasteiger partial charge in [-0.2, -0.15) is 10.2 Å². The van der Waals surface area contributed by atoms with Crippen molar-refractivity contribution in [3.05, 3.63) is 103 Å². The Morgan fingerprint density at radius 1 is 1.09 bits per heavy atom. The van der Waals surface area contributed by atoms with Gasteiger partial charge in [0, 0.05) is 11.2 Å². The highest BCUT2D eigenvalue weighted by Crippen LogP contribution is 2.28. The molecule has 4 aromatic rings. The maximum atomic E-state index is 13.5. The highest BCUT2D eigenvalue weighted by molar-refractivity contribution is 7.95. The summed E-state index contributed by atoms with van der Waals surface area (Å²) in [6, 6.07) is 16.1. The maximum Gasteiger partial charge on any atom is 0.269 e. The van der Waals surface area contributed by atoms with Gasteiger partial charge in [-0.05, 0) is 86.0 Å². The SMILES string of the molecule is Cc1cc(C)cc(Oc2nc3c(C)cccn3c(=O)c2/C=C(\C#N)S(=O)(=O)c2ccc(Cl)cc2)c1. The number of fused-ring (bicyclic) bond motifs is 1. The van der Waals surface area contributed by atoms with Gasteiger partial charge in [-0.1, -0.05) is 23.7 Å². The number of sulfone groups is 1. The number of aromatic nitrogens is 2. The van der Waals surface area contributed by atoms with Crippen LogP contribution >= 0.6 is 11.6 Å². The summed E-state index contributed by atoms with van der Waals surface area (Å²) >= 11 is 5.87. The summed E-state index contributed by atoms with van der Waals surface area (Å²) in [6.45, 7) is 5.60. The molecule has 176 valence electrons. The number of pyridine rings is 1. The van der Waals surface area contributed by atoms with Gasteiger partial charge >= 0.3 is 0 Å². The van der Waals surface area contributed by atoms with E-state index in [-0.39, 0.29) is 16.3 Å². The molecule has 0 saturated carbocycles. The van der Waals surface area contributed by atoms with Gasteiger partial charge in [-0.25, -0.2) is 8.42 Å². The van der Waals surface area contributed by atoms with Gasteiger partial charge in [0.2, 0.25) is 15.7 Å². The third-order valence-electron chi connectivity index (χ3n) is 5.26. The van der Waals surface area contributed by atoms with Crippen LogP contribution in [-0.4, -0.2) is 17.8 Å². The Balaban J connectivity index is 1.97. The van der Waals surface area contributed by atoms with Crippen molar-refractivity contribution in [3.63, 3.8) is 0 Å². The van der Waals surface area contributed by atoms with Gasteiger partial charge in [0.1, 0.15) is 27.9 Å². The average Bonchev–Trinajstić information content (AvgIpc) is 2.79. The molecule has 2 aromatic heterocycles. The van der Waals surface area contributed by atoms with Crippen LogP contribution in [0.3, 0.4) is 0 Å². The first kappa shape index (κ1) is 24.2. The van der Waals surface area contributed by atoms with Crippen LogP contribution in [0.25, 0.3) is 11.7 Å². The molecule has 0 aliphatic carbocycles. The molecule has 0 N–H and O–H groups in total. The Morgan fingerprint density at radius 2 is 1.74 bits per heavy atom. The minimum atomic E-state index is -4.24. The van der Waals surface area contributed by atoms with E-state index >= 15 is 0 Å². The fourth-order valence-corrected chi connectivity index (χ4v) is 4.91. The maximum absolute atomic E-state index is 13.5. The lowest BCUT2D eigenvalue weighted by Crippen LogP contribution is -2.20. The van der Waals surface area contributed by atoms with Gasteiger partial charge in [0.15, 0.2) is 0 Å². The fourth-order valence-electron chi connectivity index (χ4n) is 3.64. The molecular formula is C26H20ClN3O4S. The number of rotatable bonds is 5. The first-order valence-corrected chi connectivity index (χ1v) is 12.4. The van der Waals surface area contributed by atoms with E-state index in [4.69, 9.17) is 16.3 Å². The minimum Gasteiger partial charge on any atom is -0.438 e. The molecule has 0 saturated heterocycles. The number of allylic oxidation sites excluding steroid dienone is 1. The summed E-state index contributed by atoms with van der Waals surface area (Å²) in [5, 5.41) is 10.1. The lowest BCUT2D eigenvalue weighted by atomic mass is 10.1. The van der Waals surface area contributed by atoms with Crippen LogP contribution in [0.15, 0.2) is 75.4 Å². The summed E-state index contributed by atoms with van der Waals surface area (Å²) in [5.41, 5.74) is 2.22. The number of aryl methyl sites for hydroxylation is 3. The van der Waals surface area contributed by atoms with E-state index in [0.717, 1.165) is 22.8 Å². The summed E-state index contributed by atoms with van der Waals surface area (Å²) in [6.07, 6.45) is 2.53. The minimum absolute atomic E-state index is 0.103. The summed E-state index contributed by atoms with van der Waals surface area (Å²) in [4.78, 5) is 17.2. The molecule has 0 aliphatic rings. The lowest BCUT2D eigenvalue weighted by molar-refractivity contribution is 0.460. The predicted octanol–water partition coefficient (Wildman–Crippen LogP) is 5.40. The van der Waals surface area contributed by atoms with Crippen molar-refractivity contribution < 1.29 is 13.2 Å². The fraction of sp³-hybridized carbons (Fsp3) is 0.115. The summed E-state index contributed by atoms with van der Waals surface area (Å²) in [7, 11) is -4.24. The molecule has 0 spiro atoms. The summed E-state index contributed by atoms with van der Waals surface area (Å²) < 4.78 is 33.6. The van der Waals surface area contributed by atoms with E-state index in [0.29, 0.717) is 16.4 Å². The van der Waals surface area contributed by atoms with Crippen molar-refractivity contribution in [2.75, 3.05) is 0 Å². The second-order valence-corrected chi connectivity index (χ2v) is 10.4.